The number of hydrogen-bond donors (Lipinski definition) is 18. The largest absolute Gasteiger partial charge is 0.506 e. The number of aromatic hydroxyl groups is 6. The van der Waals surface area contributed by atoms with Crippen molar-refractivity contribution in [1.82, 2.24) is 26.6 Å². The minimum atomic E-state index is -1.04. The van der Waals surface area contributed by atoms with Crippen molar-refractivity contribution in [3.63, 3.8) is 0 Å². The van der Waals surface area contributed by atoms with Crippen LogP contribution in [0.3, 0.4) is 0 Å². The fourth-order valence-electron chi connectivity index (χ4n) is 10.5. The normalized spacial score (nSPS) is 10.5. The average Bonchev–Trinajstić information content (AvgIpc) is 1.11. The third-order valence-corrected chi connectivity index (χ3v) is 18.3. The number of para-hydroxylation sites is 1. The van der Waals surface area contributed by atoms with Crippen LogP contribution >= 0.6 is 105 Å². The predicted molar refractivity (Wildman–Crippen MR) is 489 cm³/mol. The van der Waals surface area contributed by atoms with E-state index in [-0.39, 0.29) is 65.6 Å². The quantitative estimate of drug-likeness (QED) is 0.0146. The van der Waals surface area contributed by atoms with E-state index in [2.05, 4.69) is 123 Å². The molecule has 0 amide bonds. The molecular weight excluding hydrogens is 1820 g/mol. The number of phenolic OH excluding ortho intramolecular Hbond substituents is 6. The molecule has 10 rings (SSSR count). The second-order valence-corrected chi connectivity index (χ2v) is 31.8. The molecule has 0 saturated heterocycles. The molecule has 0 fully saturated rings. The average molecular weight is 1900 g/mol. The highest BCUT2D eigenvalue weighted by atomic mass is 79.9. The molecule has 0 aliphatic rings. The Hall–Kier alpha value is -10.6. The van der Waals surface area contributed by atoms with Crippen molar-refractivity contribution >= 4 is 176 Å². The number of benzene rings is 10. The van der Waals surface area contributed by atoms with Crippen molar-refractivity contribution in [1.29, 1.82) is 0 Å². The molecule has 36 heteroatoms. The van der Waals surface area contributed by atoms with Gasteiger partial charge >= 0.3 is 0 Å². The molecule has 640 valence electrons. The molecule has 0 bridgehead atoms. The Morgan fingerprint density at radius 3 is 1.00 bits per heavy atom. The van der Waals surface area contributed by atoms with Gasteiger partial charge in [-0.15, -0.1) is 0 Å². The number of anilines is 7. The van der Waals surface area contributed by atoms with E-state index in [0.717, 1.165) is 126 Å². The molecule has 0 aliphatic heterocycles. The fourth-order valence-corrected chi connectivity index (χ4v) is 13.1. The molecule has 0 saturated carbocycles. The van der Waals surface area contributed by atoms with Crippen LogP contribution < -0.4 is 63.8 Å². The minimum absolute atomic E-state index is 0.114. The minimum Gasteiger partial charge on any atom is -0.506 e. The van der Waals surface area contributed by atoms with Crippen LogP contribution in [0.1, 0.15) is 89.5 Å². The van der Waals surface area contributed by atoms with Crippen LogP contribution in [-0.4, -0.2) is 79.9 Å². The van der Waals surface area contributed by atoms with Gasteiger partial charge in [0.2, 0.25) is 0 Å². The number of rotatable bonds is 20. The van der Waals surface area contributed by atoms with Crippen molar-refractivity contribution in [3.8, 4) is 34.5 Å². The molecule has 0 unspecified atom stereocenters. The predicted octanol–water partition coefficient (Wildman–Crippen LogP) is 21.9. The zero-order chi connectivity index (χ0) is 89.0. The summed E-state index contributed by atoms with van der Waals surface area (Å²) in [6.45, 7) is 16.8. The smallest absolute Gasteiger partial charge is 0.187 e. The van der Waals surface area contributed by atoms with Gasteiger partial charge in [-0.2, -0.15) is 0 Å². The number of halogens is 12. The SMILES string of the molecule is CC(C)(C)CC(C)(C)NC(=S)Nc1cc(F)c(O)c(F)c1.CCCCCNC(=S)Nc1cc(F)c(O)c(F)c1.Cc1ccccc1CNC(=S)Nc1cc(F)c(O)c(F)c1.Oc1c(Br)cc(NC(=S)Nc2ccccc2)cc1Br.Oc1c(F)cc(NC(=S)NCCc2ccccc2)cc1F.Oc1c(F)cc(NC(=S)NCc2ccccc2)cc1F. The topological polar surface area (TPSA) is 266 Å². The first kappa shape index (κ1) is 100.0. The molecule has 18 nitrogen and oxygen atoms in total. The van der Waals surface area contributed by atoms with Crippen molar-refractivity contribution < 1.29 is 74.5 Å². The number of nitrogens with one attached hydrogen (secondary N) is 12. The number of aryl methyl sites for hydroxylation is 1. The van der Waals surface area contributed by atoms with Gasteiger partial charge in [0.25, 0.3) is 0 Å². The van der Waals surface area contributed by atoms with E-state index in [4.69, 9.17) is 98.8 Å². The molecule has 0 spiro atoms. The first-order valence-corrected chi connectivity index (χ1v) is 40.2. The van der Waals surface area contributed by atoms with Crippen LogP contribution in [0.4, 0.5) is 83.7 Å². The summed E-state index contributed by atoms with van der Waals surface area (Å²) >= 11 is 37.0. The Balaban J connectivity index is 0.000000256. The van der Waals surface area contributed by atoms with E-state index in [0.29, 0.717) is 45.3 Å². The summed E-state index contributed by atoms with van der Waals surface area (Å²) in [7, 11) is 0. The first-order valence-electron chi connectivity index (χ1n) is 36.2. The molecule has 0 heterocycles. The molecule has 0 aliphatic carbocycles. The van der Waals surface area contributed by atoms with Gasteiger partial charge in [-0.1, -0.05) is 144 Å². The highest BCUT2D eigenvalue weighted by Crippen LogP contribution is 2.36. The van der Waals surface area contributed by atoms with Crippen molar-refractivity contribution in [2.45, 2.75) is 99.2 Å². The van der Waals surface area contributed by atoms with Gasteiger partial charge in [0.05, 0.1) is 8.95 Å². The molecule has 18 N–H and O–H groups in total. The molecule has 10 aromatic rings. The summed E-state index contributed by atoms with van der Waals surface area (Å²) in [4.78, 5) is 0. The van der Waals surface area contributed by atoms with Crippen LogP contribution in [0.2, 0.25) is 0 Å². The second-order valence-electron chi connectivity index (χ2n) is 27.6. The number of thiocarbonyl (C=S) groups is 6. The third kappa shape index (κ3) is 36.9. The van der Waals surface area contributed by atoms with Crippen molar-refractivity contribution in [2.24, 2.45) is 5.41 Å². The molecule has 10 aromatic carbocycles. The molecule has 0 aromatic heterocycles. The van der Waals surface area contributed by atoms with E-state index in [1.807, 2.05) is 136 Å². The lowest BCUT2D eigenvalue weighted by Gasteiger charge is -2.34. The van der Waals surface area contributed by atoms with Gasteiger partial charge in [0.15, 0.2) is 118 Å². The molecular formula is C84H88Br2F10N12O6S6. The van der Waals surface area contributed by atoms with E-state index in [1.165, 1.54) is 0 Å². The lowest BCUT2D eigenvalue weighted by atomic mass is 9.82. The number of unbranched alkanes of at least 4 members (excludes halogenated alkanes) is 2. The second kappa shape index (κ2) is 49.8. The summed E-state index contributed by atoms with van der Waals surface area (Å²) in [5.74, 6) is -15.2. The van der Waals surface area contributed by atoms with Gasteiger partial charge < -0.3 is 94.4 Å². The fraction of sp³-hybridized carbons (Fsp3) is 0.214. The third-order valence-electron chi connectivity index (χ3n) is 15.7. The number of hydrogen-bond acceptors (Lipinski definition) is 12. The van der Waals surface area contributed by atoms with Crippen molar-refractivity contribution in [3.05, 3.63) is 277 Å². The van der Waals surface area contributed by atoms with Gasteiger partial charge in [-0.3, -0.25) is 0 Å². The monoisotopic (exact) mass is 1900 g/mol. The van der Waals surface area contributed by atoms with Gasteiger partial charge in [-0.25, -0.2) is 43.9 Å². The van der Waals surface area contributed by atoms with Gasteiger partial charge in [0.1, 0.15) is 5.75 Å². The Kier molecular flexibility index (Phi) is 41.5. The lowest BCUT2D eigenvalue weighted by Crippen LogP contribution is -2.47. The zero-order valence-electron chi connectivity index (χ0n) is 65.4. The maximum absolute atomic E-state index is 13.3. The Morgan fingerprint density at radius 2 is 0.633 bits per heavy atom. The highest BCUT2D eigenvalue weighted by Gasteiger charge is 2.27. The van der Waals surface area contributed by atoms with Gasteiger partial charge in [-0.05, 0) is 197 Å². The maximum atomic E-state index is 13.3. The van der Waals surface area contributed by atoms with Crippen LogP contribution in [-0.2, 0) is 19.5 Å². The summed E-state index contributed by atoms with van der Waals surface area (Å²) < 4.78 is 133. The summed E-state index contributed by atoms with van der Waals surface area (Å²) in [6.07, 6.45) is 4.83. The van der Waals surface area contributed by atoms with E-state index in [1.54, 1.807) is 12.1 Å². The lowest BCUT2D eigenvalue weighted by molar-refractivity contribution is 0.268. The van der Waals surface area contributed by atoms with Crippen LogP contribution in [0, 0.1) is 70.5 Å². The summed E-state index contributed by atoms with van der Waals surface area (Å²) in [6, 6.07) is 50.2. The molecule has 0 atom stereocenters. The molecule has 120 heavy (non-hydrogen) atoms. The van der Waals surface area contributed by atoms with Crippen LogP contribution in [0.25, 0.3) is 0 Å². The van der Waals surface area contributed by atoms with E-state index >= 15 is 0 Å². The number of phenols is 6. The first-order chi connectivity index (χ1) is 56.6. The Morgan fingerprint density at radius 1 is 0.333 bits per heavy atom. The van der Waals surface area contributed by atoms with Crippen LogP contribution in [0.5, 0.6) is 34.5 Å². The van der Waals surface area contributed by atoms with E-state index in [9.17, 15) is 49.0 Å². The Labute approximate surface area is 738 Å². The standard InChI is InChI=1S/2C15H14F2N2OS.C15H22F2N2OS.C14H12F2N2OS.C13H10Br2N2OS.C12H16F2N2OS/c1-9-4-2-3-5-10(9)8-18-15(21)19-11-6-12(16)14(20)13(17)7-11;16-12-8-11(9-13(17)14(12)20)19-15(21)18-7-6-10-4-2-1-3-5-10;1-14(2,3)8-15(4,5)19-13(21)18-9-6-10(16)12(20)11(17)7-9;15-11-6-10(7-12(16)13(11)19)18-14(20)17-8-9-4-2-1-3-5-9;14-10-6-9(7-11(15)12(10)18)17-13(19)16-8-4-2-1-3-5-8;1-2-3-4-5-15-12(18)16-8-6-9(13)11(17)10(14)7-8/h2-7,20H,8H2,1H3,(H2,18,19,21);1-5,8-9,20H,6-7H2,(H2,18,19,21);6-7,20H,8H2,1-5H3,(H2,18,19,21);1-7,19H,8H2,(H2,17,18,20);1-7,18H,(H2,16,17,19);6-7,17H,2-5H2,1H3,(H2,15,16,18). The maximum Gasteiger partial charge on any atom is 0.187 e. The molecule has 0 radical (unpaired) electrons. The van der Waals surface area contributed by atoms with E-state index < -0.39 is 86.9 Å². The van der Waals surface area contributed by atoms with Crippen LogP contribution in [0.15, 0.2) is 197 Å². The highest BCUT2D eigenvalue weighted by molar-refractivity contribution is 9.11. The Bertz CT molecular complexity index is 4990. The summed E-state index contributed by atoms with van der Waals surface area (Å²) in [5, 5.41) is 90.8. The summed E-state index contributed by atoms with van der Waals surface area (Å²) in [5.41, 5.74) is 6.62. The van der Waals surface area contributed by atoms with Crippen molar-refractivity contribution in [2.75, 3.05) is 50.3 Å². The zero-order valence-corrected chi connectivity index (χ0v) is 73.5. The van der Waals surface area contributed by atoms with Gasteiger partial charge in [0, 0.05) is 132 Å².